The van der Waals surface area contributed by atoms with Crippen LogP contribution in [0.25, 0.3) is 6.08 Å². The Kier molecular flexibility index (Phi) is 16.5. The molecule has 0 spiro atoms. The van der Waals surface area contributed by atoms with Gasteiger partial charge >= 0.3 is 0 Å². The summed E-state index contributed by atoms with van der Waals surface area (Å²) in [6, 6.07) is 5.74. The minimum absolute atomic E-state index is 0.00143. The van der Waals surface area contributed by atoms with Gasteiger partial charge in [0.15, 0.2) is 23.2 Å². The average molecular weight is 756 g/mol. The highest BCUT2D eigenvalue weighted by atomic mass is 16.6. The summed E-state index contributed by atoms with van der Waals surface area (Å²) < 4.78 is 47.0. The molecule has 2 aromatic rings. The van der Waals surface area contributed by atoms with Crippen LogP contribution in [0, 0.1) is 11.8 Å². The molecule has 300 valence electrons. The molecule has 0 bridgehead atoms. The maximum atomic E-state index is 11.6. The summed E-state index contributed by atoms with van der Waals surface area (Å²) in [5, 5.41) is 32.6. The van der Waals surface area contributed by atoms with Gasteiger partial charge in [-0.2, -0.15) is 0 Å². The maximum Gasteiger partial charge on any atom is 0.199 e. The topological polar surface area (TPSA) is 151 Å². The molecule has 0 amide bonds. The summed E-state index contributed by atoms with van der Waals surface area (Å²) in [5.41, 5.74) is 3.26. The number of benzene rings is 1. The van der Waals surface area contributed by atoms with Crippen molar-refractivity contribution in [2.45, 2.75) is 115 Å². The quantitative estimate of drug-likeness (QED) is 0.114. The molecule has 12 heteroatoms. The molecule has 3 heterocycles. The lowest BCUT2D eigenvalue weighted by Gasteiger charge is -2.45. The molecule has 2 aliphatic heterocycles. The number of nitrogens with zero attached hydrogens (tertiary/aromatic N) is 1. The first-order valence-electron chi connectivity index (χ1n) is 18.7. The molecule has 1 aromatic carbocycles. The van der Waals surface area contributed by atoms with Crippen LogP contribution in [-0.2, 0) is 36.7 Å². The van der Waals surface area contributed by atoms with Crippen LogP contribution in [0.1, 0.15) is 70.5 Å². The Hall–Kier alpha value is -3.33. The largest absolute Gasteiger partial charge is 0.493 e. The van der Waals surface area contributed by atoms with Crippen LogP contribution < -0.4 is 9.47 Å². The molecule has 1 aromatic heterocycles. The molecule has 2 fully saturated rings. The van der Waals surface area contributed by atoms with E-state index in [-0.39, 0.29) is 67.7 Å². The lowest BCUT2D eigenvalue weighted by Crippen LogP contribution is -2.51. The SMILES string of the molecule is C=CC[C@H](/C=C/C(C)=C/[C@@H](O)[C@H]1C[C@@H](OC)C[C@@](O)(Cc2nc(/C=C(\C)[C@@H]3O[C@H](CCO)[C@H](C)[C@H](OCc4ccc(OC)c(OC)c4)[C@H]3C)co2)O1)OC. The number of aliphatic hydroxyl groups excluding tert-OH is 2. The van der Waals surface area contributed by atoms with Gasteiger partial charge in [0.25, 0.3) is 0 Å². The zero-order chi connectivity index (χ0) is 39.4. The van der Waals surface area contributed by atoms with Crippen molar-refractivity contribution in [2.24, 2.45) is 11.8 Å². The summed E-state index contributed by atoms with van der Waals surface area (Å²) in [4.78, 5) is 4.66. The zero-order valence-corrected chi connectivity index (χ0v) is 33.1. The Morgan fingerprint density at radius 3 is 2.54 bits per heavy atom. The van der Waals surface area contributed by atoms with E-state index in [2.05, 4.69) is 25.4 Å². The number of hydrogen-bond acceptors (Lipinski definition) is 12. The summed E-state index contributed by atoms with van der Waals surface area (Å²) in [5.74, 6) is -0.0967. The van der Waals surface area contributed by atoms with E-state index < -0.39 is 18.0 Å². The van der Waals surface area contributed by atoms with Crippen molar-refractivity contribution in [2.75, 3.05) is 35.0 Å². The van der Waals surface area contributed by atoms with E-state index in [4.69, 9.17) is 37.6 Å². The van der Waals surface area contributed by atoms with E-state index in [1.165, 1.54) is 6.26 Å². The van der Waals surface area contributed by atoms with Gasteiger partial charge in [-0.1, -0.05) is 49.8 Å². The molecular weight excluding hydrogens is 694 g/mol. The Balaban J connectivity index is 1.46. The predicted octanol–water partition coefficient (Wildman–Crippen LogP) is 5.98. The van der Waals surface area contributed by atoms with Gasteiger partial charge in [0.05, 0.1) is 70.0 Å². The summed E-state index contributed by atoms with van der Waals surface area (Å²) in [7, 11) is 6.43. The van der Waals surface area contributed by atoms with Crippen molar-refractivity contribution in [1.29, 1.82) is 0 Å². The monoisotopic (exact) mass is 755 g/mol. The number of aromatic nitrogens is 1. The third-order valence-corrected chi connectivity index (χ3v) is 10.4. The van der Waals surface area contributed by atoms with Crippen LogP contribution >= 0.6 is 0 Å². The van der Waals surface area contributed by atoms with Crippen molar-refractivity contribution >= 4 is 6.08 Å². The standard InChI is InChI=1S/C42H61NO11/c1-10-11-32(47-6)14-12-26(2)18-34(45)37-21-33(48-7)22-42(46,54-37)23-39-43-31(25-51-39)19-27(3)40-29(5)41(28(4)35(53-40)16-17-44)52-24-30-13-15-36(49-8)38(20-30)50-9/h10,12-15,18-20,25,28-29,32-35,37,40-41,44-46H,1,11,16-17,21-24H2,2-9H3/b14-12+,26-18+,27-19+/t28-,29-,32+,33+,34+,35+,37+,40-,41-,42-/m0/s1. The van der Waals surface area contributed by atoms with Gasteiger partial charge in [-0.05, 0) is 56.0 Å². The van der Waals surface area contributed by atoms with Gasteiger partial charge in [-0.25, -0.2) is 4.98 Å². The normalized spacial score (nSPS) is 29.3. The van der Waals surface area contributed by atoms with E-state index in [1.54, 1.807) is 40.6 Å². The fourth-order valence-electron chi connectivity index (χ4n) is 7.46. The highest BCUT2D eigenvalue weighted by Crippen LogP contribution is 2.38. The van der Waals surface area contributed by atoms with Gasteiger partial charge in [0, 0.05) is 45.5 Å². The number of oxazole rings is 1. The van der Waals surface area contributed by atoms with Crippen molar-refractivity contribution in [1.82, 2.24) is 4.98 Å². The molecule has 2 aliphatic rings. The molecule has 3 N–H and O–H groups in total. The number of hydrogen-bond donors (Lipinski definition) is 3. The Labute approximate surface area is 320 Å². The van der Waals surface area contributed by atoms with Crippen LogP contribution in [0.2, 0.25) is 0 Å². The third kappa shape index (κ3) is 11.6. The van der Waals surface area contributed by atoms with Gasteiger partial charge < -0.3 is 52.9 Å². The fourth-order valence-corrected chi connectivity index (χ4v) is 7.46. The highest BCUT2D eigenvalue weighted by molar-refractivity contribution is 5.48. The van der Waals surface area contributed by atoms with Crippen LogP contribution in [0.15, 0.2) is 70.9 Å². The van der Waals surface area contributed by atoms with Crippen molar-refractivity contribution in [3.05, 3.63) is 83.6 Å². The van der Waals surface area contributed by atoms with Gasteiger partial charge in [0.2, 0.25) is 0 Å². The molecule has 12 nitrogen and oxygen atoms in total. The first kappa shape index (κ1) is 43.4. The molecule has 10 atom stereocenters. The molecule has 0 unspecified atom stereocenters. The Morgan fingerprint density at radius 2 is 1.87 bits per heavy atom. The summed E-state index contributed by atoms with van der Waals surface area (Å²) in [6.07, 6.45) is 9.56. The van der Waals surface area contributed by atoms with Crippen LogP contribution in [0.5, 0.6) is 11.5 Å². The first-order valence-corrected chi connectivity index (χ1v) is 18.7. The lowest BCUT2D eigenvalue weighted by atomic mass is 9.79. The number of ether oxygens (including phenoxy) is 7. The molecule has 2 saturated heterocycles. The second-order valence-electron chi connectivity index (χ2n) is 14.5. The van der Waals surface area contributed by atoms with E-state index in [0.717, 1.165) is 16.7 Å². The molecule has 54 heavy (non-hydrogen) atoms. The van der Waals surface area contributed by atoms with Gasteiger partial charge in [-0.3, -0.25) is 0 Å². The van der Waals surface area contributed by atoms with Crippen LogP contribution in [0.3, 0.4) is 0 Å². The maximum absolute atomic E-state index is 11.6. The summed E-state index contributed by atoms with van der Waals surface area (Å²) in [6.45, 7) is 12.2. The number of rotatable bonds is 19. The minimum Gasteiger partial charge on any atom is -0.493 e. The second kappa shape index (κ2) is 20.5. The van der Waals surface area contributed by atoms with Gasteiger partial charge in [0.1, 0.15) is 12.0 Å². The summed E-state index contributed by atoms with van der Waals surface area (Å²) >= 11 is 0. The molecule has 0 aliphatic carbocycles. The average Bonchev–Trinajstić information content (AvgIpc) is 3.59. The smallest absolute Gasteiger partial charge is 0.199 e. The first-order chi connectivity index (χ1) is 25.9. The lowest BCUT2D eigenvalue weighted by molar-refractivity contribution is -0.286. The Bertz CT molecular complexity index is 1570. The Morgan fingerprint density at radius 1 is 1.11 bits per heavy atom. The predicted molar refractivity (Wildman–Crippen MR) is 205 cm³/mol. The van der Waals surface area contributed by atoms with Crippen LogP contribution in [-0.4, -0.2) is 104 Å². The minimum atomic E-state index is -1.68. The second-order valence-corrected chi connectivity index (χ2v) is 14.5. The van der Waals surface area contributed by atoms with Crippen LogP contribution in [0.4, 0.5) is 0 Å². The number of aliphatic hydroxyl groups is 3. The molecule has 0 saturated carbocycles. The van der Waals surface area contributed by atoms with Crippen molar-refractivity contribution in [3.8, 4) is 11.5 Å². The number of allylic oxidation sites excluding steroid dienone is 2. The molecular formula is C42H61NO11. The van der Waals surface area contributed by atoms with Crippen molar-refractivity contribution in [3.63, 3.8) is 0 Å². The highest BCUT2D eigenvalue weighted by Gasteiger charge is 2.44. The third-order valence-electron chi connectivity index (χ3n) is 10.4. The van der Waals surface area contributed by atoms with E-state index in [1.807, 2.05) is 50.3 Å². The van der Waals surface area contributed by atoms with Gasteiger partial charge in [-0.15, -0.1) is 6.58 Å². The zero-order valence-electron chi connectivity index (χ0n) is 33.1. The number of methoxy groups -OCH3 is 4. The molecule has 4 rings (SSSR count). The van der Waals surface area contributed by atoms with E-state index in [9.17, 15) is 15.3 Å². The fraction of sp³-hybridized carbons (Fsp3) is 0.595. The van der Waals surface area contributed by atoms with Crippen molar-refractivity contribution < 1.29 is 52.9 Å². The van der Waals surface area contributed by atoms with E-state index >= 15 is 0 Å². The molecule has 0 radical (unpaired) electrons. The van der Waals surface area contributed by atoms with E-state index in [0.29, 0.717) is 43.1 Å².